The van der Waals surface area contributed by atoms with E-state index < -0.39 is 17.5 Å². The monoisotopic (exact) mass is 272 g/mol. The second-order valence-electron chi connectivity index (χ2n) is 5.34. The number of rotatable bonds is 3. The highest BCUT2D eigenvalue weighted by molar-refractivity contribution is 5.46. The molecular formula is C14H19F3N2. The van der Waals surface area contributed by atoms with Crippen molar-refractivity contribution in [1.82, 2.24) is 4.90 Å². The number of hydrogen-bond acceptors (Lipinski definition) is 2. The molecule has 2 rings (SSSR count). The van der Waals surface area contributed by atoms with Crippen LogP contribution in [0.2, 0.25) is 0 Å². The fourth-order valence-corrected chi connectivity index (χ4v) is 2.61. The molecule has 0 aromatic heterocycles. The molecule has 0 radical (unpaired) electrons. The highest BCUT2D eigenvalue weighted by Gasteiger charge is 2.23. The summed E-state index contributed by atoms with van der Waals surface area (Å²) < 4.78 is 39.5. The molecule has 0 saturated carbocycles. The van der Waals surface area contributed by atoms with Crippen LogP contribution in [-0.4, -0.2) is 31.1 Å². The molecule has 0 bridgehead atoms. The van der Waals surface area contributed by atoms with E-state index in [-0.39, 0.29) is 11.7 Å². The van der Waals surface area contributed by atoms with Crippen LogP contribution in [0.25, 0.3) is 0 Å². The third-order valence-electron chi connectivity index (χ3n) is 3.76. The minimum absolute atomic E-state index is 0.0158. The molecular weight excluding hydrogens is 253 g/mol. The maximum absolute atomic E-state index is 13.6. The van der Waals surface area contributed by atoms with Crippen molar-refractivity contribution < 1.29 is 13.2 Å². The second kappa shape index (κ2) is 5.82. The quantitative estimate of drug-likeness (QED) is 0.850. The normalized spacial score (nSPS) is 22.3. The Bertz CT molecular complexity index is 451. The Morgan fingerprint density at radius 2 is 1.89 bits per heavy atom. The Labute approximate surface area is 111 Å². The predicted molar refractivity (Wildman–Crippen MR) is 69.6 cm³/mol. The first-order chi connectivity index (χ1) is 8.97. The van der Waals surface area contributed by atoms with Crippen molar-refractivity contribution in [2.45, 2.75) is 25.8 Å². The fourth-order valence-electron chi connectivity index (χ4n) is 2.61. The van der Waals surface area contributed by atoms with Gasteiger partial charge >= 0.3 is 0 Å². The van der Waals surface area contributed by atoms with Gasteiger partial charge in [0.1, 0.15) is 5.82 Å². The number of nitrogens with zero attached hydrogens (tertiary/aromatic N) is 1. The predicted octanol–water partition coefficient (Wildman–Crippen LogP) is 3.25. The van der Waals surface area contributed by atoms with Gasteiger partial charge in [0, 0.05) is 24.7 Å². The standard InChI is InChI=1S/C14H19F3N2/c1-9(10-4-3-5-19(2)8-10)18-14-7-12(16)11(15)6-13(14)17/h6-7,9-10,18H,3-5,8H2,1-2H3. The maximum atomic E-state index is 13.6. The van der Waals surface area contributed by atoms with Crippen LogP contribution in [-0.2, 0) is 0 Å². The highest BCUT2D eigenvalue weighted by atomic mass is 19.2. The van der Waals surface area contributed by atoms with Crippen molar-refractivity contribution in [1.29, 1.82) is 0 Å². The summed E-state index contributed by atoms with van der Waals surface area (Å²) in [6.07, 6.45) is 2.16. The second-order valence-corrected chi connectivity index (χ2v) is 5.34. The lowest BCUT2D eigenvalue weighted by molar-refractivity contribution is 0.197. The van der Waals surface area contributed by atoms with E-state index in [1.54, 1.807) is 0 Å². The summed E-state index contributed by atoms with van der Waals surface area (Å²) in [5.41, 5.74) is 0.0274. The van der Waals surface area contributed by atoms with E-state index in [2.05, 4.69) is 17.3 Å². The molecule has 1 aromatic rings. The third-order valence-corrected chi connectivity index (χ3v) is 3.76. The van der Waals surface area contributed by atoms with Crippen molar-refractivity contribution >= 4 is 5.69 Å². The largest absolute Gasteiger partial charge is 0.380 e. The number of likely N-dealkylation sites (tertiary alicyclic amines) is 1. The van der Waals surface area contributed by atoms with Crippen LogP contribution in [0.15, 0.2) is 12.1 Å². The van der Waals surface area contributed by atoms with Crippen LogP contribution in [0.4, 0.5) is 18.9 Å². The first-order valence-corrected chi connectivity index (χ1v) is 6.57. The molecule has 0 amide bonds. The van der Waals surface area contributed by atoms with Crippen molar-refractivity contribution in [2.24, 2.45) is 5.92 Å². The number of nitrogens with one attached hydrogen (secondary N) is 1. The lowest BCUT2D eigenvalue weighted by atomic mass is 9.91. The molecule has 1 aromatic carbocycles. The molecule has 2 atom stereocenters. The average molecular weight is 272 g/mol. The Morgan fingerprint density at radius 3 is 2.58 bits per heavy atom. The van der Waals surface area contributed by atoms with Gasteiger partial charge in [-0.1, -0.05) is 0 Å². The summed E-state index contributed by atoms with van der Waals surface area (Å²) in [5.74, 6) is -2.56. The zero-order chi connectivity index (χ0) is 14.0. The average Bonchev–Trinajstić information content (AvgIpc) is 2.36. The van der Waals surface area contributed by atoms with E-state index in [9.17, 15) is 13.2 Å². The lowest BCUT2D eigenvalue weighted by Gasteiger charge is -2.34. The van der Waals surface area contributed by atoms with E-state index in [4.69, 9.17) is 0 Å². The van der Waals surface area contributed by atoms with Gasteiger partial charge in [0.15, 0.2) is 11.6 Å². The van der Waals surface area contributed by atoms with Gasteiger partial charge < -0.3 is 10.2 Å². The van der Waals surface area contributed by atoms with Gasteiger partial charge in [-0.2, -0.15) is 0 Å². The molecule has 2 unspecified atom stereocenters. The summed E-state index contributed by atoms with van der Waals surface area (Å²) in [5, 5.41) is 2.96. The molecule has 0 aliphatic carbocycles. The smallest absolute Gasteiger partial charge is 0.161 e. The summed E-state index contributed by atoms with van der Waals surface area (Å²) in [4.78, 5) is 2.23. The van der Waals surface area contributed by atoms with Gasteiger partial charge in [0.05, 0.1) is 5.69 Å². The number of piperidine rings is 1. The highest BCUT2D eigenvalue weighted by Crippen LogP contribution is 2.24. The van der Waals surface area contributed by atoms with Crippen LogP contribution >= 0.6 is 0 Å². The Hall–Kier alpha value is -1.23. The number of benzene rings is 1. The topological polar surface area (TPSA) is 15.3 Å². The number of halogens is 3. The summed E-state index contributed by atoms with van der Waals surface area (Å²) in [6.45, 7) is 3.95. The Morgan fingerprint density at radius 1 is 1.21 bits per heavy atom. The van der Waals surface area contributed by atoms with Crippen LogP contribution in [0.3, 0.4) is 0 Å². The molecule has 1 heterocycles. The summed E-state index contributed by atoms with van der Waals surface area (Å²) >= 11 is 0. The van der Waals surface area contributed by atoms with Crippen molar-refractivity contribution in [3.8, 4) is 0 Å². The molecule has 19 heavy (non-hydrogen) atoms. The SMILES string of the molecule is CC(Nc1cc(F)c(F)cc1F)C1CCCN(C)C1. The molecule has 106 valence electrons. The van der Waals surface area contributed by atoms with Gasteiger partial charge in [0.2, 0.25) is 0 Å². The van der Waals surface area contributed by atoms with Gasteiger partial charge in [-0.3, -0.25) is 0 Å². The van der Waals surface area contributed by atoms with Crippen molar-refractivity contribution in [2.75, 3.05) is 25.5 Å². The molecule has 1 saturated heterocycles. The summed E-state index contributed by atoms with van der Waals surface area (Å²) in [6, 6.07) is 1.48. The molecule has 1 aliphatic heterocycles. The van der Waals surface area contributed by atoms with Crippen LogP contribution in [0.1, 0.15) is 19.8 Å². The van der Waals surface area contributed by atoms with E-state index in [1.807, 2.05) is 6.92 Å². The number of anilines is 1. The summed E-state index contributed by atoms with van der Waals surface area (Å²) in [7, 11) is 2.05. The van der Waals surface area contributed by atoms with Crippen LogP contribution in [0.5, 0.6) is 0 Å². The Balaban J connectivity index is 2.06. The van der Waals surface area contributed by atoms with Gasteiger partial charge in [-0.05, 0) is 39.3 Å². The van der Waals surface area contributed by atoms with Crippen molar-refractivity contribution in [3.63, 3.8) is 0 Å². The Kier molecular flexibility index (Phi) is 4.34. The van der Waals surface area contributed by atoms with Crippen LogP contribution in [0, 0.1) is 23.4 Å². The van der Waals surface area contributed by atoms with E-state index in [1.165, 1.54) is 0 Å². The van der Waals surface area contributed by atoms with Gasteiger partial charge in [-0.15, -0.1) is 0 Å². The third kappa shape index (κ3) is 3.41. The van der Waals surface area contributed by atoms with E-state index in [0.29, 0.717) is 12.0 Å². The number of hydrogen-bond donors (Lipinski definition) is 1. The van der Waals surface area contributed by atoms with E-state index in [0.717, 1.165) is 32.0 Å². The molecule has 1 N–H and O–H groups in total. The molecule has 5 heteroatoms. The molecule has 1 fully saturated rings. The van der Waals surface area contributed by atoms with E-state index >= 15 is 0 Å². The zero-order valence-electron chi connectivity index (χ0n) is 11.2. The first kappa shape index (κ1) is 14.2. The molecule has 0 spiro atoms. The minimum Gasteiger partial charge on any atom is -0.380 e. The van der Waals surface area contributed by atoms with Gasteiger partial charge in [-0.25, -0.2) is 13.2 Å². The van der Waals surface area contributed by atoms with Crippen molar-refractivity contribution in [3.05, 3.63) is 29.6 Å². The fraction of sp³-hybridized carbons (Fsp3) is 0.571. The minimum atomic E-state index is -1.16. The van der Waals surface area contributed by atoms with Gasteiger partial charge in [0.25, 0.3) is 0 Å². The molecule has 2 nitrogen and oxygen atoms in total. The zero-order valence-corrected chi connectivity index (χ0v) is 11.2. The van der Waals surface area contributed by atoms with Crippen LogP contribution < -0.4 is 5.32 Å². The lowest BCUT2D eigenvalue weighted by Crippen LogP contribution is -2.40. The molecule has 1 aliphatic rings. The maximum Gasteiger partial charge on any atom is 0.161 e. The first-order valence-electron chi connectivity index (χ1n) is 6.57.